The number of halogens is 1. The molecule has 0 atom stereocenters. The summed E-state index contributed by atoms with van der Waals surface area (Å²) in [6, 6.07) is 155. The maximum absolute atomic E-state index is 6.41. The highest BCUT2D eigenvalue weighted by Crippen LogP contribution is 2.43. The number of anilines is 5. The lowest BCUT2D eigenvalue weighted by Crippen LogP contribution is -2.10. The number of nitrogens with zero attached hydrogens (tertiary/aromatic N) is 3. The van der Waals surface area contributed by atoms with E-state index >= 15 is 0 Å². The van der Waals surface area contributed by atoms with E-state index in [1.54, 1.807) is 0 Å². The van der Waals surface area contributed by atoms with Gasteiger partial charge in [0.2, 0.25) is 0 Å². The minimum atomic E-state index is 0.905. The molecule has 544 valence electrons. The summed E-state index contributed by atoms with van der Waals surface area (Å²) in [5.41, 5.74) is 30.4. The van der Waals surface area contributed by atoms with Gasteiger partial charge >= 0.3 is 0 Å². The molecule has 0 fully saturated rings. The van der Waals surface area contributed by atoms with Gasteiger partial charge in [-0.3, -0.25) is 0 Å². The van der Waals surface area contributed by atoms with E-state index in [-0.39, 0.29) is 0 Å². The molecule has 1 N–H and O–H groups in total. The van der Waals surface area contributed by atoms with Crippen LogP contribution in [0.5, 0.6) is 0 Å². The molecule has 4 aromatic heterocycles. The Morgan fingerprint density at radius 2 is 0.470 bits per heavy atom. The van der Waals surface area contributed by atoms with Crippen molar-refractivity contribution in [1.29, 1.82) is 0 Å². The first-order valence-corrected chi connectivity index (χ1v) is 39.7. The standard InChI is InChI=1S/C54H36N2O.C36H26N2.C18H11BrO/c1-2-11-37(12-3-1)38-21-23-39(24-22-38)40-25-29-42(30-26-40)55(43-31-27-41(28-32-43)46-16-10-17-50-49-15-6-9-20-53(49)57-54(46)50)44-33-35-45(36-34-44)56-51-18-7-4-13-47(51)48-14-5-8-19-52(48)56;1-2-8-26(9-3-1)27-14-16-28(17-15-27)29-18-20-30(21-19-29)37-31-22-24-32(25-23-31)38-35-12-6-4-10-33(35)34-11-5-7-13-36(34)38;19-13-10-8-12(9-11-13)14-5-3-6-16-15-4-1-2-7-17(15)20-18(14)16/h1-36H;1-25,37H;1-11H. The molecule has 18 aromatic carbocycles. The Kier molecular flexibility index (Phi) is 18.4. The maximum atomic E-state index is 6.41. The fourth-order valence-electron chi connectivity index (χ4n) is 16.3. The van der Waals surface area contributed by atoms with Gasteiger partial charge in [-0.1, -0.05) is 319 Å². The SMILES string of the molecule is Brc1ccc(-c2cccc3c2oc2ccccc23)cc1.c1ccc(-c2ccc(-c3ccc(N(c4ccc(-c5cccc6c5oc5ccccc56)cc4)c4ccc(-n5c6ccccc6c6ccccc65)cc4)cc3)cc2)cc1.c1ccc(-c2ccc(-c3ccc(Nc4ccc(-n5c6ccccc6c6ccccc65)cc4)cc3)cc2)cc1. The van der Waals surface area contributed by atoms with Crippen LogP contribution < -0.4 is 10.2 Å². The van der Waals surface area contributed by atoms with Crippen molar-refractivity contribution in [1.82, 2.24) is 9.13 Å². The molecule has 0 unspecified atom stereocenters. The summed E-state index contributed by atoms with van der Waals surface area (Å²) >= 11 is 3.47. The molecule has 7 heteroatoms. The lowest BCUT2D eigenvalue weighted by atomic mass is 10.00. The highest BCUT2D eigenvalue weighted by molar-refractivity contribution is 9.10. The van der Waals surface area contributed by atoms with Crippen LogP contribution in [0, 0.1) is 0 Å². The van der Waals surface area contributed by atoms with E-state index in [0.29, 0.717) is 0 Å². The number of nitrogens with one attached hydrogen (secondary N) is 1. The molecule has 22 aromatic rings. The normalized spacial score (nSPS) is 11.3. The summed E-state index contributed by atoms with van der Waals surface area (Å²) in [7, 11) is 0. The average molecular weight is 1540 g/mol. The fraction of sp³-hybridized carbons (Fsp3) is 0. The molecule has 6 nitrogen and oxygen atoms in total. The summed E-state index contributed by atoms with van der Waals surface area (Å²) in [6.07, 6.45) is 0. The van der Waals surface area contributed by atoms with Crippen LogP contribution in [0.2, 0.25) is 0 Å². The van der Waals surface area contributed by atoms with Gasteiger partial charge in [0.05, 0.1) is 22.1 Å². The zero-order valence-corrected chi connectivity index (χ0v) is 64.2. The second-order valence-corrected chi connectivity index (χ2v) is 29.8. The van der Waals surface area contributed by atoms with Crippen molar-refractivity contribution in [3.8, 4) is 78.1 Å². The van der Waals surface area contributed by atoms with Crippen LogP contribution in [-0.2, 0) is 0 Å². The highest BCUT2D eigenvalue weighted by atomic mass is 79.9. The predicted octanol–water partition coefficient (Wildman–Crippen LogP) is 31.0. The fourth-order valence-corrected chi connectivity index (χ4v) is 16.6. The first-order chi connectivity index (χ1) is 56.9. The zero-order valence-electron chi connectivity index (χ0n) is 62.6. The first-order valence-electron chi connectivity index (χ1n) is 38.9. The molecular formula is C108H73BrN4O2. The number of hydrogen-bond acceptors (Lipinski definition) is 4. The quantitative estimate of drug-likeness (QED) is 0.125. The van der Waals surface area contributed by atoms with Crippen LogP contribution in [0.15, 0.2) is 450 Å². The molecule has 0 aliphatic rings. The van der Waals surface area contributed by atoms with Crippen molar-refractivity contribution in [2.45, 2.75) is 0 Å². The molecule has 0 saturated heterocycles. The summed E-state index contributed by atoms with van der Waals surface area (Å²) in [5.74, 6) is 0. The molecule has 4 heterocycles. The third-order valence-electron chi connectivity index (χ3n) is 22.0. The summed E-state index contributed by atoms with van der Waals surface area (Å²) in [6.45, 7) is 0. The predicted molar refractivity (Wildman–Crippen MR) is 487 cm³/mol. The molecule has 0 saturated carbocycles. The van der Waals surface area contributed by atoms with Crippen molar-refractivity contribution in [3.05, 3.63) is 441 Å². The van der Waals surface area contributed by atoms with Gasteiger partial charge in [0, 0.05) is 98.5 Å². The van der Waals surface area contributed by atoms with E-state index < -0.39 is 0 Å². The number of fused-ring (bicyclic) bond motifs is 12. The molecule has 0 amide bonds. The Bertz CT molecular complexity index is 7130. The van der Waals surface area contributed by atoms with E-state index in [4.69, 9.17) is 8.83 Å². The van der Waals surface area contributed by atoms with Gasteiger partial charge in [0.25, 0.3) is 0 Å². The first kappa shape index (κ1) is 69.4. The third-order valence-corrected chi connectivity index (χ3v) is 22.5. The lowest BCUT2D eigenvalue weighted by molar-refractivity contribution is 0.669. The Hall–Kier alpha value is -14.8. The van der Waals surface area contributed by atoms with Crippen LogP contribution in [0.25, 0.3) is 166 Å². The summed E-state index contributed by atoms with van der Waals surface area (Å²) < 4.78 is 18.3. The van der Waals surface area contributed by atoms with Gasteiger partial charge in [0.1, 0.15) is 22.3 Å². The van der Waals surface area contributed by atoms with Gasteiger partial charge < -0.3 is 28.2 Å². The lowest BCUT2D eigenvalue weighted by Gasteiger charge is -2.26. The molecule has 0 bridgehead atoms. The largest absolute Gasteiger partial charge is 0.455 e. The number of rotatable bonds is 13. The Labute approximate surface area is 674 Å². The number of hydrogen-bond donors (Lipinski definition) is 1. The molecule has 0 aliphatic heterocycles. The van der Waals surface area contributed by atoms with Crippen LogP contribution in [0.1, 0.15) is 0 Å². The minimum Gasteiger partial charge on any atom is -0.455 e. The number of para-hydroxylation sites is 8. The third kappa shape index (κ3) is 13.5. The van der Waals surface area contributed by atoms with Crippen LogP contribution in [0.4, 0.5) is 28.4 Å². The number of aromatic nitrogens is 2. The van der Waals surface area contributed by atoms with E-state index in [0.717, 1.165) is 99.6 Å². The molecule has 0 aliphatic carbocycles. The summed E-state index contributed by atoms with van der Waals surface area (Å²) in [4.78, 5) is 2.34. The van der Waals surface area contributed by atoms with Crippen molar-refractivity contribution in [2.24, 2.45) is 0 Å². The molecule has 0 spiro atoms. The Morgan fingerprint density at radius 1 is 0.209 bits per heavy atom. The van der Waals surface area contributed by atoms with Gasteiger partial charge in [0.15, 0.2) is 0 Å². The van der Waals surface area contributed by atoms with Crippen molar-refractivity contribution >= 4 is 132 Å². The van der Waals surface area contributed by atoms with Crippen LogP contribution in [-0.4, -0.2) is 9.13 Å². The summed E-state index contributed by atoms with van der Waals surface area (Å²) in [5, 5.41) is 13.2. The second kappa shape index (κ2) is 30.5. The maximum Gasteiger partial charge on any atom is 0.143 e. The number of benzene rings is 18. The van der Waals surface area contributed by atoms with Gasteiger partial charge in [-0.15, -0.1) is 0 Å². The van der Waals surface area contributed by atoms with Crippen LogP contribution >= 0.6 is 15.9 Å². The van der Waals surface area contributed by atoms with Crippen molar-refractivity contribution in [2.75, 3.05) is 10.2 Å². The monoisotopic (exact) mass is 1540 g/mol. The molecule has 0 radical (unpaired) electrons. The van der Waals surface area contributed by atoms with Gasteiger partial charge in [-0.05, 0) is 189 Å². The average Bonchev–Trinajstić information content (AvgIpc) is 1.64. The van der Waals surface area contributed by atoms with Crippen LogP contribution in [0.3, 0.4) is 0 Å². The van der Waals surface area contributed by atoms with Crippen molar-refractivity contribution < 1.29 is 8.83 Å². The molecular weight excluding hydrogens is 1470 g/mol. The Morgan fingerprint density at radius 3 is 0.843 bits per heavy atom. The van der Waals surface area contributed by atoms with E-state index in [9.17, 15) is 0 Å². The van der Waals surface area contributed by atoms with E-state index in [1.165, 1.54) is 98.9 Å². The van der Waals surface area contributed by atoms with Gasteiger partial charge in [-0.25, -0.2) is 0 Å². The minimum absolute atomic E-state index is 0.905. The van der Waals surface area contributed by atoms with Crippen molar-refractivity contribution in [3.63, 3.8) is 0 Å². The molecule has 115 heavy (non-hydrogen) atoms. The second-order valence-electron chi connectivity index (χ2n) is 28.9. The highest BCUT2D eigenvalue weighted by Gasteiger charge is 2.20. The zero-order chi connectivity index (χ0) is 76.5. The molecule has 22 rings (SSSR count). The topological polar surface area (TPSA) is 51.4 Å². The van der Waals surface area contributed by atoms with Gasteiger partial charge in [-0.2, -0.15) is 0 Å². The smallest absolute Gasteiger partial charge is 0.143 e. The number of furan rings is 2. The Balaban J connectivity index is 0.000000126. The van der Waals surface area contributed by atoms with E-state index in [2.05, 4.69) is 436 Å². The van der Waals surface area contributed by atoms with E-state index in [1.807, 2.05) is 36.4 Å².